The third-order valence-electron chi connectivity index (χ3n) is 4.09. The number of nitrogens with zero attached hydrogens (tertiary/aromatic N) is 3. The van der Waals surface area contributed by atoms with Gasteiger partial charge in [0, 0.05) is 25.9 Å². The fraction of sp³-hybridized carbons (Fsp3) is 0.150. The van der Waals surface area contributed by atoms with Crippen molar-refractivity contribution in [2.24, 2.45) is 0 Å². The second-order valence-electron chi connectivity index (χ2n) is 6.35. The molecule has 3 rings (SSSR count). The first kappa shape index (κ1) is 19.9. The maximum absolute atomic E-state index is 12.8. The number of hydrogen-bond acceptors (Lipinski definition) is 4. The van der Waals surface area contributed by atoms with Crippen molar-refractivity contribution in [1.82, 2.24) is 9.78 Å². The van der Waals surface area contributed by atoms with Crippen LogP contribution in [0.5, 0.6) is 0 Å². The molecule has 1 amide bonds. The third-order valence-corrected chi connectivity index (χ3v) is 4.71. The monoisotopic (exact) mass is 416 g/mol. The second kappa shape index (κ2) is 8.04. The Hall–Kier alpha value is -2.83. The fourth-order valence-corrected chi connectivity index (χ4v) is 3.38. The Morgan fingerprint density at radius 1 is 1.07 bits per heavy atom. The molecule has 2 aromatic carbocycles. The molecule has 28 heavy (non-hydrogen) atoms. The van der Waals surface area contributed by atoms with Crippen LogP contribution in [-0.4, -0.2) is 29.8 Å². The number of amides is 1. The summed E-state index contributed by atoms with van der Waals surface area (Å²) in [5, 5.41) is 7.92. The summed E-state index contributed by atoms with van der Waals surface area (Å²) < 4.78 is 1.48. The Morgan fingerprint density at radius 2 is 1.75 bits per heavy atom. The number of halogens is 2. The van der Waals surface area contributed by atoms with Gasteiger partial charge in [-0.3, -0.25) is 9.59 Å². The van der Waals surface area contributed by atoms with Crippen molar-refractivity contribution in [3.8, 4) is 5.69 Å². The highest BCUT2D eigenvalue weighted by Crippen LogP contribution is 2.32. The lowest BCUT2D eigenvalue weighted by Gasteiger charge is -2.19. The molecule has 0 fully saturated rings. The van der Waals surface area contributed by atoms with Gasteiger partial charge in [-0.25, -0.2) is 4.68 Å². The number of para-hydroxylation sites is 2. The summed E-state index contributed by atoms with van der Waals surface area (Å²) in [6.07, 6.45) is 0. The van der Waals surface area contributed by atoms with Gasteiger partial charge in [0.2, 0.25) is 5.43 Å². The van der Waals surface area contributed by atoms with Crippen LogP contribution in [0.3, 0.4) is 0 Å². The normalized spacial score (nSPS) is 10.6. The highest BCUT2D eigenvalue weighted by atomic mass is 35.5. The van der Waals surface area contributed by atoms with Crippen molar-refractivity contribution < 1.29 is 4.79 Å². The molecule has 0 saturated carbocycles. The molecule has 0 unspecified atom stereocenters. The summed E-state index contributed by atoms with van der Waals surface area (Å²) >= 11 is 12.5. The largest absolute Gasteiger partial charge is 0.375 e. The number of aromatic nitrogens is 2. The van der Waals surface area contributed by atoms with Crippen molar-refractivity contribution in [1.29, 1.82) is 0 Å². The maximum Gasteiger partial charge on any atom is 0.280 e. The van der Waals surface area contributed by atoms with Crippen molar-refractivity contribution in [2.45, 2.75) is 6.92 Å². The molecule has 1 heterocycles. The maximum atomic E-state index is 12.8. The van der Waals surface area contributed by atoms with Gasteiger partial charge in [-0.1, -0.05) is 41.4 Å². The molecule has 0 aliphatic carbocycles. The molecule has 0 atom stereocenters. The van der Waals surface area contributed by atoms with E-state index in [1.165, 1.54) is 10.7 Å². The van der Waals surface area contributed by atoms with E-state index in [-0.39, 0.29) is 5.69 Å². The van der Waals surface area contributed by atoms with E-state index in [1.54, 1.807) is 54.3 Å². The van der Waals surface area contributed by atoms with Crippen LogP contribution in [-0.2, 0) is 0 Å². The Morgan fingerprint density at radius 3 is 2.43 bits per heavy atom. The average Bonchev–Trinajstić information content (AvgIpc) is 2.62. The lowest BCUT2D eigenvalue weighted by atomic mass is 10.2. The molecule has 1 N–H and O–H groups in total. The molecule has 0 aliphatic rings. The minimum Gasteiger partial charge on any atom is -0.375 e. The molecule has 0 saturated heterocycles. The van der Waals surface area contributed by atoms with Crippen molar-refractivity contribution >= 4 is 40.5 Å². The summed E-state index contributed by atoms with van der Waals surface area (Å²) in [4.78, 5) is 27.0. The van der Waals surface area contributed by atoms with Crippen LogP contribution in [0.2, 0.25) is 10.0 Å². The van der Waals surface area contributed by atoms with Crippen LogP contribution in [0.4, 0.5) is 11.4 Å². The van der Waals surface area contributed by atoms with Gasteiger partial charge in [0.05, 0.1) is 27.1 Å². The molecule has 0 aliphatic heterocycles. The number of benzene rings is 2. The zero-order valence-corrected chi connectivity index (χ0v) is 17.0. The number of rotatable bonds is 4. The number of anilines is 2. The predicted molar refractivity (Wildman–Crippen MR) is 113 cm³/mol. The Balaban J connectivity index is 2.05. The van der Waals surface area contributed by atoms with Crippen LogP contribution in [0, 0.1) is 6.92 Å². The number of aryl methyl sites for hydroxylation is 1. The molecule has 0 spiro atoms. The first-order chi connectivity index (χ1) is 13.3. The van der Waals surface area contributed by atoms with Crippen LogP contribution >= 0.6 is 23.2 Å². The zero-order valence-electron chi connectivity index (χ0n) is 15.5. The van der Waals surface area contributed by atoms with Gasteiger partial charge >= 0.3 is 0 Å². The number of carbonyl (C=O) groups is 1. The van der Waals surface area contributed by atoms with E-state index in [2.05, 4.69) is 10.4 Å². The first-order valence-electron chi connectivity index (χ1n) is 8.42. The van der Waals surface area contributed by atoms with E-state index in [0.717, 1.165) is 0 Å². The van der Waals surface area contributed by atoms with Crippen LogP contribution in [0.1, 0.15) is 16.2 Å². The summed E-state index contributed by atoms with van der Waals surface area (Å²) in [6.45, 7) is 1.72. The topological polar surface area (TPSA) is 67.2 Å². The van der Waals surface area contributed by atoms with E-state index in [9.17, 15) is 9.59 Å². The van der Waals surface area contributed by atoms with E-state index in [4.69, 9.17) is 23.2 Å². The number of nitrogens with one attached hydrogen (secondary N) is 1. The first-order valence-corrected chi connectivity index (χ1v) is 9.18. The Kier molecular flexibility index (Phi) is 5.72. The summed E-state index contributed by atoms with van der Waals surface area (Å²) in [7, 11) is 3.62. The minimum atomic E-state index is -0.629. The molecular formula is C20H18Cl2N4O2. The van der Waals surface area contributed by atoms with Gasteiger partial charge in [-0.2, -0.15) is 5.10 Å². The number of hydrogen-bond donors (Lipinski definition) is 1. The molecule has 3 aromatic rings. The van der Waals surface area contributed by atoms with Crippen molar-refractivity contribution in [3.05, 3.63) is 80.2 Å². The molecular weight excluding hydrogens is 399 g/mol. The van der Waals surface area contributed by atoms with Crippen LogP contribution in [0.15, 0.2) is 53.3 Å². The molecule has 8 heteroatoms. The summed E-state index contributed by atoms with van der Waals surface area (Å²) in [5.74, 6) is -0.629. The van der Waals surface area contributed by atoms with Crippen molar-refractivity contribution in [2.75, 3.05) is 24.3 Å². The minimum absolute atomic E-state index is 0.241. The molecule has 6 nitrogen and oxygen atoms in total. The average molecular weight is 417 g/mol. The van der Waals surface area contributed by atoms with Gasteiger partial charge in [-0.15, -0.1) is 0 Å². The van der Waals surface area contributed by atoms with Crippen LogP contribution < -0.4 is 15.6 Å². The fourth-order valence-electron chi connectivity index (χ4n) is 2.82. The van der Waals surface area contributed by atoms with Gasteiger partial charge in [0.25, 0.3) is 5.91 Å². The Labute approximate surface area is 172 Å². The highest BCUT2D eigenvalue weighted by Gasteiger charge is 2.19. The smallest absolute Gasteiger partial charge is 0.280 e. The molecule has 1 aromatic heterocycles. The quantitative estimate of drug-likeness (QED) is 0.692. The molecule has 0 bridgehead atoms. The predicted octanol–water partition coefficient (Wildman–Crippen LogP) is 4.17. The lowest BCUT2D eigenvalue weighted by Crippen LogP contribution is -2.27. The van der Waals surface area contributed by atoms with Gasteiger partial charge in [0.1, 0.15) is 0 Å². The molecule has 0 radical (unpaired) electrons. The van der Waals surface area contributed by atoms with E-state index in [0.29, 0.717) is 32.8 Å². The van der Waals surface area contributed by atoms with E-state index < -0.39 is 11.3 Å². The van der Waals surface area contributed by atoms with Crippen molar-refractivity contribution in [3.63, 3.8) is 0 Å². The van der Waals surface area contributed by atoms with Gasteiger partial charge in [0.15, 0.2) is 5.69 Å². The SMILES string of the molecule is Cc1cc(=O)c(C(=O)Nc2cccc(Cl)c2N(C)C)nn1-c1ccccc1Cl. The lowest BCUT2D eigenvalue weighted by molar-refractivity contribution is 0.101. The second-order valence-corrected chi connectivity index (χ2v) is 7.16. The third kappa shape index (κ3) is 3.88. The molecule has 144 valence electrons. The van der Waals surface area contributed by atoms with E-state index >= 15 is 0 Å². The number of carbonyl (C=O) groups excluding carboxylic acids is 1. The summed E-state index contributed by atoms with van der Waals surface area (Å²) in [5.41, 5.74) is 1.53. The highest BCUT2D eigenvalue weighted by molar-refractivity contribution is 6.34. The Bertz CT molecular complexity index is 1110. The van der Waals surface area contributed by atoms with Crippen LogP contribution in [0.25, 0.3) is 5.69 Å². The standard InChI is InChI=1S/C20H18Cl2N4O2/c1-12-11-17(27)18(24-26(12)16-10-5-4-7-13(16)21)20(28)23-15-9-6-8-14(22)19(15)25(2)3/h4-11H,1-3H3,(H,23,28). The van der Waals surface area contributed by atoms with Gasteiger partial charge < -0.3 is 10.2 Å². The zero-order chi connectivity index (χ0) is 20.4. The summed E-state index contributed by atoms with van der Waals surface area (Å²) in [6, 6.07) is 13.6. The van der Waals surface area contributed by atoms with Gasteiger partial charge in [-0.05, 0) is 31.2 Å². The van der Waals surface area contributed by atoms with E-state index in [1.807, 2.05) is 14.1 Å².